The largest absolute Gasteiger partial charge is 0.478 e. The molecule has 0 saturated heterocycles. The van der Waals surface area contributed by atoms with E-state index in [9.17, 15) is 9.59 Å². The maximum atomic E-state index is 12.1. The lowest BCUT2D eigenvalue weighted by atomic mass is 9.97. The van der Waals surface area contributed by atoms with Crippen molar-refractivity contribution in [3.05, 3.63) is 41.0 Å². The van der Waals surface area contributed by atoms with Gasteiger partial charge in [0.2, 0.25) is 0 Å². The molecule has 0 unspecified atom stereocenters. The van der Waals surface area contributed by atoms with Crippen LogP contribution in [0.5, 0.6) is 0 Å². The van der Waals surface area contributed by atoms with Gasteiger partial charge in [0, 0.05) is 19.2 Å². The molecule has 118 valence electrons. The van der Waals surface area contributed by atoms with Gasteiger partial charge in [-0.3, -0.25) is 0 Å². The normalized spacial score (nSPS) is 14.8. The van der Waals surface area contributed by atoms with Crippen LogP contribution in [0.25, 0.3) is 6.08 Å². The first-order valence-corrected chi connectivity index (χ1v) is 7.25. The fourth-order valence-electron chi connectivity index (χ4n) is 2.33. The molecule has 22 heavy (non-hydrogen) atoms. The van der Waals surface area contributed by atoms with Gasteiger partial charge in [-0.05, 0) is 50.0 Å². The summed E-state index contributed by atoms with van der Waals surface area (Å²) in [6.07, 6.45) is 3.14. The van der Waals surface area contributed by atoms with E-state index >= 15 is 0 Å². The Morgan fingerprint density at radius 2 is 2.00 bits per heavy atom. The average molecular weight is 303 g/mol. The van der Waals surface area contributed by atoms with Crippen molar-refractivity contribution < 1.29 is 19.4 Å². The molecule has 1 N–H and O–H groups in total. The van der Waals surface area contributed by atoms with E-state index in [4.69, 9.17) is 9.84 Å². The molecular weight excluding hydrogens is 282 g/mol. The highest BCUT2D eigenvalue weighted by Gasteiger charge is 2.25. The standard InChI is InChI=1S/C17H21NO4/c1-17(2,3)22-16(21)18-9-8-13-10-12(5-7-15(19)20)4-6-14(13)11-18/h4-7,10H,8-9,11H2,1-3H3,(H,19,20)/b7-5+. The first kappa shape index (κ1) is 16.1. The maximum Gasteiger partial charge on any atom is 0.410 e. The smallest absolute Gasteiger partial charge is 0.410 e. The van der Waals surface area contributed by atoms with Crippen molar-refractivity contribution in [1.29, 1.82) is 0 Å². The third kappa shape index (κ3) is 4.35. The van der Waals surface area contributed by atoms with Gasteiger partial charge in [0.15, 0.2) is 0 Å². The van der Waals surface area contributed by atoms with Crippen molar-refractivity contribution in [3.8, 4) is 0 Å². The zero-order valence-corrected chi connectivity index (χ0v) is 13.1. The van der Waals surface area contributed by atoms with Crippen LogP contribution in [0.1, 0.15) is 37.5 Å². The highest BCUT2D eigenvalue weighted by molar-refractivity contribution is 5.85. The zero-order valence-electron chi connectivity index (χ0n) is 13.1. The quantitative estimate of drug-likeness (QED) is 0.853. The summed E-state index contributed by atoms with van der Waals surface area (Å²) in [5.74, 6) is -0.964. The summed E-state index contributed by atoms with van der Waals surface area (Å²) in [5.41, 5.74) is 2.58. The number of hydrogen-bond donors (Lipinski definition) is 1. The number of hydrogen-bond acceptors (Lipinski definition) is 3. The van der Waals surface area contributed by atoms with Crippen LogP contribution in [0.3, 0.4) is 0 Å². The number of carbonyl (C=O) groups is 2. The molecule has 0 aliphatic carbocycles. The molecule has 0 saturated carbocycles. The summed E-state index contributed by atoms with van der Waals surface area (Å²) in [6.45, 7) is 6.68. The predicted octanol–water partition coefficient (Wildman–Crippen LogP) is 3.08. The Labute approximate surface area is 130 Å². The van der Waals surface area contributed by atoms with E-state index in [1.807, 2.05) is 39.0 Å². The van der Waals surface area contributed by atoms with Crippen LogP contribution in [0.4, 0.5) is 4.79 Å². The Morgan fingerprint density at radius 3 is 2.64 bits per heavy atom. The molecule has 0 radical (unpaired) electrons. The SMILES string of the molecule is CC(C)(C)OC(=O)N1CCc2cc(/C=C/C(=O)O)ccc2C1. The fourth-order valence-corrected chi connectivity index (χ4v) is 2.33. The Kier molecular flexibility index (Phi) is 4.54. The summed E-state index contributed by atoms with van der Waals surface area (Å²) in [5, 5.41) is 8.66. The minimum absolute atomic E-state index is 0.298. The minimum Gasteiger partial charge on any atom is -0.478 e. The molecule has 1 aromatic carbocycles. The molecular formula is C17H21NO4. The molecule has 2 rings (SSSR count). The van der Waals surface area contributed by atoms with Crippen molar-refractivity contribution in [2.75, 3.05) is 6.54 Å². The second kappa shape index (κ2) is 6.22. The van der Waals surface area contributed by atoms with Crippen LogP contribution in [-0.2, 0) is 22.5 Å². The number of rotatable bonds is 2. The van der Waals surface area contributed by atoms with E-state index in [0.717, 1.165) is 29.2 Å². The number of benzene rings is 1. The van der Waals surface area contributed by atoms with Gasteiger partial charge in [-0.1, -0.05) is 18.2 Å². The maximum absolute atomic E-state index is 12.1. The molecule has 1 aromatic rings. The van der Waals surface area contributed by atoms with Crippen LogP contribution >= 0.6 is 0 Å². The Bertz CT molecular complexity index is 614. The molecule has 0 spiro atoms. The number of carboxylic acid groups (broad SMARTS) is 1. The highest BCUT2D eigenvalue weighted by Crippen LogP contribution is 2.22. The third-order valence-corrected chi connectivity index (χ3v) is 3.31. The van der Waals surface area contributed by atoms with Gasteiger partial charge in [-0.2, -0.15) is 0 Å². The molecule has 1 heterocycles. The number of ether oxygens (including phenoxy) is 1. The zero-order chi connectivity index (χ0) is 16.3. The highest BCUT2D eigenvalue weighted by atomic mass is 16.6. The van der Waals surface area contributed by atoms with Gasteiger partial charge in [-0.25, -0.2) is 9.59 Å². The molecule has 1 aliphatic heterocycles. The lowest BCUT2D eigenvalue weighted by Crippen LogP contribution is -2.39. The number of fused-ring (bicyclic) bond motifs is 1. The Balaban J connectivity index is 2.09. The molecule has 1 amide bonds. The lowest BCUT2D eigenvalue weighted by Gasteiger charge is -2.31. The van der Waals surface area contributed by atoms with Crippen molar-refractivity contribution >= 4 is 18.1 Å². The molecule has 0 aromatic heterocycles. The van der Waals surface area contributed by atoms with Gasteiger partial charge < -0.3 is 14.7 Å². The number of carbonyl (C=O) groups excluding carboxylic acids is 1. The Hall–Kier alpha value is -2.30. The molecule has 0 bridgehead atoms. The Morgan fingerprint density at radius 1 is 1.27 bits per heavy atom. The molecule has 5 nitrogen and oxygen atoms in total. The van der Waals surface area contributed by atoms with Crippen molar-refractivity contribution in [2.45, 2.75) is 39.3 Å². The summed E-state index contributed by atoms with van der Waals surface area (Å²) < 4.78 is 5.39. The molecule has 1 aliphatic rings. The third-order valence-electron chi connectivity index (χ3n) is 3.31. The summed E-state index contributed by atoms with van der Waals surface area (Å²) in [7, 11) is 0. The summed E-state index contributed by atoms with van der Waals surface area (Å²) in [4.78, 5) is 24.3. The van der Waals surface area contributed by atoms with Gasteiger partial charge in [0.1, 0.15) is 5.60 Å². The molecule has 5 heteroatoms. The van der Waals surface area contributed by atoms with E-state index in [2.05, 4.69) is 0 Å². The topological polar surface area (TPSA) is 66.8 Å². The van der Waals surface area contributed by atoms with Crippen molar-refractivity contribution in [2.24, 2.45) is 0 Å². The number of nitrogens with zero attached hydrogens (tertiary/aromatic N) is 1. The van der Waals surface area contributed by atoms with E-state index in [0.29, 0.717) is 13.1 Å². The van der Waals surface area contributed by atoms with Gasteiger partial charge >= 0.3 is 12.1 Å². The van der Waals surface area contributed by atoms with Crippen molar-refractivity contribution in [3.63, 3.8) is 0 Å². The second-order valence-electron chi connectivity index (χ2n) is 6.35. The van der Waals surface area contributed by atoms with Crippen LogP contribution in [0.15, 0.2) is 24.3 Å². The first-order valence-electron chi connectivity index (χ1n) is 7.25. The lowest BCUT2D eigenvalue weighted by molar-refractivity contribution is -0.131. The molecule has 0 atom stereocenters. The second-order valence-corrected chi connectivity index (χ2v) is 6.35. The number of aliphatic carboxylic acids is 1. The van der Waals surface area contributed by atoms with Gasteiger partial charge in [0.05, 0.1) is 0 Å². The van der Waals surface area contributed by atoms with Gasteiger partial charge in [0.25, 0.3) is 0 Å². The average Bonchev–Trinajstić information content (AvgIpc) is 2.42. The first-order chi connectivity index (χ1) is 10.2. The van der Waals surface area contributed by atoms with Crippen LogP contribution < -0.4 is 0 Å². The molecule has 0 fully saturated rings. The summed E-state index contributed by atoms with van der Waals surface area (Å²) in [6, 6.07) is 5.77. The monoisotopic (exact) mass is 303 g/mol. The number of carboxylic acids is 1. The van der Waals surface area contributed by atoms with Gasteiger partial charge in [-0.15, -0.1) is 0 Å². The van der Waals surface area contributed by atoms with Crippen LogP contribution in [-0.4, -0.2) is 34.2 Å². The van der Waals surface area contributed by atoms with E-state index in [1.165, 1.54) is 0 Å². The predicted molar refractivity (Wildman–Crippen MR) is 83.5 cm³/mol. The van der Waals surface area contributed by atoms with Crippen LogP contribution in [0.2, 0.25) is 0 Å². The van der Waals surface area contributed by atoms with E-state index < -0.39 is 11.6 Å². The fraction of sp³-hybridized carbons (Fsp3) is 0.412. The van der Waals surface area contributed by atoms with E-state index in [1.54, 1.807) is 11.0 Å². The van der Waals surface area contributed by atoms with Crippen molar-refractivity contribution in [1.82, 2.24) is 4.90 Å². The minimum atomic E-state index is -0.964. The summed E-state index contributed by atoms with van der Waals surface area (Å²) >= 11 is 0. The van der Waals surface area contributed by atoms with E-state index in [-0.39, 0.29) is 6.09 Å². The van der Waals surface area contributed by atoms with Crippen LogP contribution in [0, 0.1) is 0 Å². The number of amides is 1.